The quantitative estimate of drug-likeness (QED) is 0.847. The Labute approximate surface area is 146 Å². The number of hydrogen-bond donors (Lipinski definition) is 0. The fraction of sp³-hybridized carbons (Fsp3) is 0.500. The summed E-state index contributed by atoms with van der Waals surface area (Å²) in [5.74, 6) is 0.837. The number of rotatable bonds is 4. The van der Waals surface area contributed by atoms with Gasteiger partial charge in [-0.2, -0.15) is 0 Å². The van der Waals surface area contributed by atoms with Gasteiger partial charge in [-0.25, -0.2) is 4.98 Å². The van der Waals surface area contributed by atoms with E-state index < -0.39 is 0 Å². The van der Waals surface area contributed by atoms with E-state index in [0.29, 0.717) is 12.4 Å². The number of nitrogens with zero attached hydrogens (tertiary/aromatic N) is 3. The van der Waals surface area contributed by atoms with Gasteiger partial charge >= 0.3 is 0 Å². The van der Waals surface area contributed by atoms with Crippen LogP contribution in [0.5, 0.6) is 5.75 Å². The van der Waals surface area contributed by atoms with Gasteiger partial charge in [0.2, 0.25) is 0 Å². The van der Waals surface area contributed by atoms with E-state index in [9.17, 15) is 4.79 Å². The zero-order chi connectivity index (χ0) is 16.9. The molecule has 3 heterocycles. The van der Waals surface area contributed by atoms with Crippen molar-refractivity contribution in [1.29, 1.82) is 0 Å². The fourth-order valence-corrected chi connectivity index (χ4v) is 3.76. The van der Waals surface area contributed by atoms with Gasteiger partial charge < -0.3 is 9.64 Å². The van der Waals surface area contributed by atoms with E-state index >= 15 is 0 Å². The number of ether oxygens (including phenoxy) is 1. The van der Waals surface area contributed by atoms with Gasteiger partial charge in [-0.15, -0.1) is 11.3 Å². The molecule has 0 aliphatic carbocycles. The number of aryl methyl sites for hydroxylation is 2. The van der Waals surface area contributed by atoms with Crippen LogP contribution in [-0.4, -0.2) is 33.9 Å². The van der Waals surface area contributed by atoms with E-state index in [4.69, 9.17) is 4.74 Å². The number of carbonyl (C=O) groups is 1. The molecule has 5 nitrogen and oxygen atoms in total. The molecule has 24 heavy (non-hydrogen) atoms. The molecular weight excluding hydrogens is 322 g/mol. The number of likely N-dealkylation sites (tertiary alicyclic amines) is 1. The van der Waals surface area contributed by atoms with Gasteiger partial charge in [0.25, 0.3) is 5.91 Å². The van der Waals surface area contributed by atoms with Gasteiger partial charge in [-0.05, 0) is 38.8 Å². The van der Waals surface area contributed by atoms with Crippen LogP contribution in [0.15, 0.2) is 18.3 Å². The predicted octanol–water partition coefficient (Wildman–Crippen LogP) is 3.75. The van der Waals surface area contributed by atoms with Gasteiger partial charge in [-0.1, -0.05) is 12.8 Å². The van der Waals surface area contributed by atoms with Crippen LogP contribution in [0.4, 0.5) is 0 Å². The van der Waals surface area contributed by atoms with E-state index in [2.05, 4.69) is 9.97 Å². The Balaban J connectivity index is 1.65. The van der Waals surface area contributed by atoms with Crippen LogP contribution in [0, 0.1) is 13.8 Å². The van der Waals surface area contributed by atoms with Crippen LogP contribution in [-0.2, 0) is 6.61 Å². The second kappa shape index (κ2) is 7.75. The van der Waals surface area contributed by atoms with E-state index in [1.54, 1.807) is 6.20 Å². The number of pyridine rings is 1. The molecule has 1 fully saturated rings. The van der Waals surface area contributed by atoms with Crippen LogP contribution < -0.4 is 4.74 Å². The van der Waals surface area contributed by atoms with Crippen molar-refractivity contribution in [3.05, 3.63) is 39.6 Å². The Morgan fingerprint density at radius 3 is 2.62 bits per heavy atom. The fourth-order valence-electron chi connectivity index (χ4n) is 2.81. The maximum Gasteiger partial charge on any atom is 0.265 e. The highest BCUT2D eigenvalue weighted by Gasteiger charge is 2.22. The Hall–Kier alpha value is -1.95. The Morgan fingerprint density at radius 1 is 1.21 bits per heavy atom. The summed E-state index contributed by atoms with van der Waals surface area (Å²) in [5.41, 5.74) is 1.76. The highest BCUT2D eigenvalue weighted by molar-refractivity contribution is 7.13. The predicted molar refractivity (Wildman–Crippen MR) is 94.5 cm³/mol. The topological polar surface area (TPSA) is 55.3 Å². The SMILES string of the molecule is Cc1ccc(OCc2nc(C)c(C(=O)N3CCCCCC3)s2)cn1. The smallest absolute Gasteiger partial charge is 0.265 e. The second-order valence-corrected chi connectivity index (χ2v) is 7.24. The lowest BCUT2D eigenvalue weighted by atomic mass is 10.2. The maximum absolute atomic E-state index is 12.7. The minimum Gasteiger partial charge on any atom is -0.485 e. The first-order valence-electron chi connectivity index (χ1n) is 8.44. The first kappa shape index (κ1) is 16.9. The average Bonchev–Trinajstić information content (AvgIpc) is 2.78. The third-order valence-electron chi connectivity index (χ3n) is 4.17. The largest absolute Gasteiger partial charge is 0.485 e. The molecule has 0 spiro atoms. The lowest BCUT2D eigenvalue weighted by Gasteiger charge is -2.19. The molecule has 0 radical (unpaired) electrons. The first-order chi connectivity index (χ1) is 11.6. The zero-order valence-corrected chi connectivity index (χ0v) is 15.1. The maximum atomic E-state index is 12.7. The summed E-state index contributed by atoms with van der Waals surface area (Å²) in [4.78, 5) is 24.2. The van der Waals surface area contributed by atoms with Crippen molar-refractivity contribution >= 4 is 17.2 Å². The van der Waals surface area contributed by atoms with Crippen molar-refractivity contribution in [2.45, 2.75) is 46.1 Å². The minimum atomic E-state index is 0.121. The Morgan fingerprint density at radius 2 is 1.96 bits per heavy atom. The highest BCUT2D eigenvalue weighted by Crippen LogP contribution is 2.23. The van der Waals surface area contributed by atoms with Crippen LogP contribution in [0.3, 0.4) is 0 Å². The van der Waals surface area contributed by atoms with Gasteiger partial charge in [0.15, 0.2) is 0 Å². The summed E-state index contributed by atoms with van der Waals surface area (Å²) >= 11 is 1.44. The van der Waals surface area contributed by atoms with Crippen LogP contribution in [0.2, 0.25) is 0 Å². The Bertz CT molecular complexity index is 689. The molecule has 0 bridgehead atoms. The lowest BCUT2D eigenvalue weighted by Crippen LogP contribution is -2.31. The molecule has 0 aromatic carbocycles. The number of aromatic nitrogens is 2. The standard InChI is InChI=1S/C18H23N3O2S/c1-13-7-8-15(11-19-13)23-12-16-20-14(2)17(24-16)18(22)21-9-5-3-4-6-10-21/h7-8,11H,3-6,9-10,12H2,1-2H3. The average molecular weight is 345 g/mol. The normalized spacial score (nSPS) is 15.2. The molecule has 1 aliphatic heterocycles. The third kappa shape index (κ3) is 4.12. The molecule has 128 valence electrons. The summed E-state index contributed by atoms with van der Waals surface area (Å²) in [7, 11) is 0. The van der Waals surface area contributed by atoms with E-state index in [0.717, 1.165) is 47.2 Å². The molecule has 0 unspecified atom stereocenters. The van der Waals surface area contributed by atoms with E-state index in [1.807, 2.05) is 30.9 Å². The van der Waals surface area contributed by atoms with Crippen LogP contribution in [0.25, 0.3) is 0 Å². The number of carbonyl (C=O) groups excluding carboxylic acids is 1. The molecule has 0 atom stereocenters. The second-order valence-electron chi connectivity index (χ2n) is 6.15. The van der Waals surface area contributed by atoms with Crippen molar-refractivity contribution in [3.8, 4) is 5.75 Å². The lowest BCUT2D eigenvalue weighted by molar-refractivity contribution is 0.0765. The molecule has 6 heteroatoms. The van der Waals surface area contributed by atoms with E-state index in [1.165, 1.54) is 24.2 Å². The van der Waals surface area contributed by atoms with E-state index in [-0.39, 0.29) is 5.91 Å². The third-order valence-corrected chi connectivity index (χ3v) is 5.29. The van der Waals surface area contributed by atoms with Gasteiger partial charge in [0, 0.05) is 18.8 Å². The molecule has 1 amide bonds. The summed E-state index contributed by atoms with van der Waals surface area (Å²) in [5, 5.41) is 0.825. The molecule has 2 aromatic heterocycles. The molecular formula is C18H23N3O2S. The molecule has 0 N–H and O–H groups in total. The van der Waals surface area contributed by atoms with Crippen LogP contribution >= 0.6 is 11.3 Å². The molecule has 1 aliphatic rings. The zero-order valence-electron chi connectivity index (χ0n) is 14.2. The summed E-state index contributed by atoms with van der Waals surface area (Å²) in [6.45, 7) is 5.92. The molecule has 1 saturated heterocycles. The Kier molecular flexibility index (Phi) is 5.45. The number of hydrogen-bond acceptors (Lipinski definition) is 5. The first-order valence-corrected chi connectivity index (χ1v) is 9.26. The summed E-state index contributed by atoms with van der Waals surface area (Å²) in [6.07, 6.45) is 6.34. The van der Waals surface area contributed by atoms with Gasteiger partial charge in [0.1, 0.15) is 22.2 Å². The minimum absolute atomic E-state index is 0.121. The highest BCUT2D eigenvalue weighted by atomic mass is 32.1. The molecule has 3 rings (SSSR count). The molecule has 2 aromatic rings. The molecule has 0 saturated carbocycles. The monoisotopic (exact) mass is 345 g/mol. The van der Waals surface area contributed by atoms with Crippen molar-refractivity contribution in [1.82, 2.24) is 14.9 Å². The van der Waals surface area contributed by atoms with Crippen molar-refractivity contribution in [2.24, 2.45) is 0 Å². The number of amides is 1. The number of thiazole rings is 1. The summed E-state index contributed by atoms with van der Waals surface area (Å²) < 4.78 is 5.72. The van der Waals surface area contributed by atoms with Crippen molar-refractivity contribution in [2.75, 3.05) is 13.1 Å². The van der Waals surface area contributed by atoms with Crippen LogP contribution in [0.1, 0.15) is 51.8 Å². The van der Waals surface area contributed by atoms with Crippen molar-refractivity contribution < 1.29 is 9.53 Å². The summed E-state index contributed by atoms with van der Waals surface area (Å²) in [6, 6.07) is 3.81. The van der Waals surface area contributed by atoms with Crippen molar-refractivity contribution in [3.63, 3.8) is 0 Å². The van der Waals surface area contributed by atoms with Gasteiger partial charge in [0.05, 0.1) is 11.9 Å². The van der Waals surface area contributed by atoms with Gasteiger partial charge in [-0.3, -0.25) is 9.78 Å².